The molecule has 2 N–H and O–H groups in total. The van der Waals surface area contributed by atoms with Crippen molar-refractivity contribution < 1.29 is 32.9 Å². The Morgan fingerprint density at radius 3 is 2.62 bits per heavy atom. The van der Waals surface area contributed by atoms with Crippen molar-refractivity contribution in [1.29, 1.82) is 0 Å². The quantitative estimate of drug-likeness (QED) is 0.366. The Bertz CT molecular complexity index is 1420. The number of rotatable bonds is 5. The van der Waals surface area contributed by atoms with E-state index in [4.69, 9.17) is 11.8 Å². The second-order valence-electron chi connectivity index (χ2n) is 8.51. The first-order valence-corrected chi connectivity index (χ1v) is 11.1. The molecule has 1 fully saturated rings. The summed E-state index contributed by atoms with van der Waals surface area (Å²) in [7, 11) is 0. The zero-order chi connectivity index (χ0) is 27.1. The number of anilines is 1. The van der Waals surface area contributed by atoms with Crippen molar-refractivity contribution in [2.24, 2.45) is 10.7 Å². The molecule has 0 bridgehead atoms. The van der Waals surface area contributed by atoms with Gasteiger partial charge in [-0.2, -0.15) is 8.78 Å². The molecule has 192 valence electrons. The summed E-state index contributed by atoms with van der Waals surface area (Å²) < 4.78 is 82.4. The van der Waals surface area contributed by atoms with Gasteiger partial charge in [-0.1, -0.05) is 6.55 Å². The van der Waals surface area contributed by atoms with Crippen LogP contribution in [0.2, 0.25) is 0 Å². The molecule has 3 heterocycles. The van der Waals surface area contributed by atoms with Crippen LogP contribution < -0.4 is 15.4 Å². The van der Waals surface area contributed by atoms with Crippen molar-refractivity contribution >= 4 is 17.4 Å². The van der Waals surface area contributed by atoms with E-state index in [2.05, 4.69) is 4.99 Å². The largest absolute Gasteiger partial charge is 0.451 e. The van der Waals surface area contributed by atoms with Crippen LogP contribution >= 0.6 is 0 Å². The van der Waals surface area contributed by atoms with Gasteiger partial charge in [0.2, 0.25) is 23.3 Å². The summed E-state index contributed by atoms with van der Waals surface area (Å²) in [6, 6.07) is 3.13. The fourth-order valence-corrected chi connectivity index (χ4v) is 4.52. The first-order chi connectivity index (χ1) is 18.2. The Hall–Kier alpha value is -4.35. The Morgan fingerprint density at radius 2 is 1.92 bits per heavy atom. The number of carbonyl (C=O) groups is 1. The smallest absolute Gasteiger partial charge is 0.246 e. The zero-order valence-electron chi connectivity index (χ0n) is 20.1. The average molecular weight is 518 g/mol. The molecule has 0 unspecified atom stereocenters. The normalized spacial score (nSPS) is 19.6. The number of fused-ring (bicyclic) bond motifs is 1. The van der Waals surface area contributed by atoms with Crippen molar-refractivity contribution in [2.45, 2.75) is 12.5 Å². The van der Waals surface area contributed by atoms with Crippen LogP contribution in [-0.4, -0.2) is 47.3 Å². The highest BCUT2D eigenvalue weighted by Crippen LogP contribution is 2.36. The number of amidine groups is 1. The summed E-state index contributed by atoms with van der Waals surface area (Å²) in [6.07, 6.45) is 5.00. The van der Waals surface area contributed by atoms with Gasteiger partial charge in [0.1, 0.15) is 17.4 Å². The van der Waals surface area contributed by atoms with Crippen LogP contribution in [0.4, 0.5) is 27.6 Å². The maximum Gasteiger partial charge on any atom is 0.246 e. The van der Waals surface area contributed by atoms with Crippen LogP contribution in [-0.2, 0) is 4.79 Å². The highest BCUT2D eigenvalue weighted by Gasteiger charge is 2.38. The minimum atomic E-state index is -1.75. The summed E-state index contributed by atoms with van der Waals surface area (Å²) in [5.74, 6) is -8.94. The topological polar surface area (TPSA) is 74.4 Å². The zero-order valence-corrected chi connectivity index (χ0v) is 19.1. The molecule has 7 nitrogen and oxygen atoms in total. The Morgan fingerprint density at radius 1 is 1.16 bits per heavy atom. The van der Waals surface area contributed by atoms with E-state index in [9.17, 15) is 22.4 Å². The lowest BCUT2D eigenvalue weighted by Crippen LogP contribution is -2.53. The molecule has 0 radical (unpaired) electrons. The molecule has 37 heavy (non-hydrogen) atoms. The van der Waals surface area contributed by atoms with Crippen molar-refractivity contribution in [1.82, 2.24) is 9.80 Å². The van der Waals surface area contributed by atoms with E-state index in [1.807, 2.05) is 4.90 Å². The number of aliphatic imine (C=N–C) groups is 1. The summed E-state index contributed by atoms with van der Waals surface area (Å²) in [6.45, 7) is 1.83. The van der Waals surface area contributed by atoms with Crippen molar-refractivity contribution in [3.63, 3.8) is 0 Å². The fraction of sp³-hybridized carbons (Fsp3) is 0.200. The molecule has 0 aromatic heterocycles. The highest BCUT2D eigenvalue weighted by atomic mass is 19.2. The van der Waals surface area contributed by atoms with Crippen LogP contribution in [0.25, 0.3) is 0 Å². The van der Waals surface area contributed by atoms with Gasteiger partial charge in [-0.3, -0.25) is 4.79 Å². The Labute approximate surface area is 209 Å². The Balaban J connectivity index is 1.42. The lowest BCUT2D eigenvalue weighted by atomic mass is 10.1. The number of benzene rings is 2. The number of ether oxygens (including phenoxy) is 1. The van der Waals surface area contributed by atoms with Gasteiger partial charge in [-0.15, -0.1) is 0 Å². The third kappa shape index (κ3) is 4.17. The standard InChI is InChI=1S/C25H20F5N5O2/c1-2-20(36)33-8-6-13(11-33)34-12-35(24(31)15-5-7-32-25(15)34)19-4-3-14(9-16(19)26)37-23-21(29)17(27)10-18(28)22(23)30/h2-5,7,9-10,13H,1,6,8,11-12,31H2/t13-/m1/s1/i1D/b2-1+. The minimum Gasteiger partial charge on any atom is -0.451 e. The molecule has 3 aliphatic rings. The van der Waals surface area contributed by atoms with Gasteiger partial charge in [-0.25, -0.2) is 18.2 Å². The lowest BCUT2D eigenvalue weighted by Gasteiger charge is -2.41. The van der Waals surface area contributed by atoms with Gasteiger partial charge in [0, 0.05) is 31.4 Å². The van der Waals surface area contributed by atoms with Crippen LogP contribution in [0.15, 0.2) is 65.6 Å². The molecule has 5 rings (SSSR count). The molecule has 1 saturated heterocycles. The summed E-state index contributed by atoms with van der Waals surface area (Å²) in [5.41, 5.74) is 6.90. The molecule has 2 aromatic rings. The number of halogens is 5. The SMILES string of the molecule is [2H]/C=C/C(=O)N1CC[C@@H](N2CN(c3ccc(Oc4c(F)c(F)cc(F)c4F)cc3F)C(N)=C3C=CN=C32)C1. The number of likely N-dealkylation sites (tertiary alicyclic amines) is 1. The van der Waals surface area contributed by atoms with Crippen LogP contribution in [0, 0.1) is 29.1 Å². The maximum absolute atomic E-state index is 15.3. The molecule has 0 spiro atoms. The molecule has 1 atom stereocenters. The van der Waals surface area contributed by atoms with E-state index in [0.717, 1.165) is 18.7 Å². The Kier molecular flexibility index (Phi) is 5.78. The van der Waals surface area contributed by atoms with E-state index in [-0.39, 0.29) is 36.2 Å². The van der Waals surface area contributed by atoms with Crippen molar-refractivity contribution in [3.8, 4) is 11.5 Å². The first kappa shape index (κ1) is 23.1. The van der Waals surface area contributed by atoms with E-state index in [1.54, 1.807) is 17.2 Å². The fourth-order valence-electron chi connectivity index (χ4n) is 4.52. The third-order valence-electron chi connectivity index (χ3n) is 6.37. The number of amides is 1. The molecule has 1 amide bonds. The minimum absolute atomic E-state index is 0.00105. The van der Waals surface area contributed by atoms with Gasteiger partial charge in [0.05, 0.1) is 25.3 Å². The molecular formula is C25H20F5N5O2. The number of nitrogens with two attached hydrogens (primary N) is 1. The second-order valence-corrected chi connectivity index (χ2v) is 8.51. The molecule has 3 aliphatic heterocycles. The third-order valence-corrected chi connectivity index (χ3v) is 6.37. The molecule has 2 aromatic carbocycles. The number of nitrogens with zero attached hydrogens (tertiary/aromatic N) is 4. The lowest BCUT2D eigenvalue weighted by molar-refractivity contribution is -0.125. The van der Waals surface area contributed by atoms with E-state index >= 15 is 4.39 Å². The van der Waals surface area contributed by atoms with E-state index < -0.39 is 40.6 Å². The van der Waals surface area contributed by atoms with Crippen molar-refractivity contribution in [2.75, 3.05) is 24.7 Å². The molecule has 12 heteroatoms. The monoisotopic (exact) mass is 518 g/mol. The molecular weight excluding hydrogens is 497 g/mol. The summed E-state index contributed by atoms with van der Waals surface area (Å²) >= 11 is 0. The second kappa shape index (κ2) is 9.26. The van der Waals surface area contributed by atoms with Crippen LogP contribution in [0.1, 0.15) is 7.79 Å². The number of hydrogen-bond donors (Lipinski definition) is 1. The predicted octanol–water partition coefficient (Wildman–Crippen LogP) is 4.14. The number of carbonyl (C=O) groups excluding carboxylic acids is 1. The number of hydrogen-bond acceptors (Lipinski definition) is 6. The van der Waals surface area contributed by atoms with Crippen molar-refractivity contribution in [3.05, 3.63) is 89.7 Å². The van der Waals surface area contributed by atoms with Gasteiger partial charge in [0.15, 0.2) is 17.5 Å². The summed E-state index contributed by atoms with van der Waals surface area (Å²) in [4.78, 5) is 21.6. The predicted molar refractivity (Wildman–Crippen MR) is 125 cm³/mol. The van der Waals surface area contributed by atoms with E-state index in [0.29, 0.717) is 30.9 Å². The van der Waals surface area contributed by atoms with E-state index in [1.165, 1.54) is 17.0 Å². The van der Waals surface area contributed by atoms with Gasteiger partial charge < -0.3 is 25.2 Å². The average Bonchev–Trinajstić information content (AvgIpc) is 3.57. The molecule has 0 aliphatic carbocycles. The van der Waals surface area contributed by atoms with Gasteiger partial charge >= 0.3 is 0 Å². The molecule has 0 saturated carbocycles. The van der Waals surface area contributed by atoms with Crippen LogP contribution in [0.3, 0.4) is 0 Å². The maximum atomic E-state index is 15.3. The summed E-state index contributed by atoms with van der Waals surface area (Å²) in [5, 5.41) is 0. The highest BCUT2D eigenvalue weighted by molar-refractivity contribution is 6.05. The van der Waals surface area contributed by atoms with Gasteiger partial charge in [0.25, 0.3) is 0 Å². The van der Waals surface area contributed by atoms with Crippen LogP contribution in [0.5, 0.6) is 11.5 Å². The van der Waals surface area contributed by atoms with Gasteiger partial charge in [-0.05, 0) is 30.7 Å². The first-order valence-electron chi connectivity index (χ1n) is 11.7.